The summed E-state index contributed by atoms with van der Waals surface area (Å²) in [5, 5.41) is 0.590. The Morgan fingerprint density at radius 1 is 1.03 bits per heavy atom. The molecule has 0 heterocycles. The Bertz CT molecular complexity index is 1040. The van der Waals surface area contributed by atoms with Gasteiger partial charge < -0.3 is 9.47 Å². The molecule has 31 heavy (non-hydrogen) atoms. The molecule has 0 amide bonds. The van der Waals surface area contributed by atoms with Crippen molar-refractivity contribution in [3.8, 4) is 11.8 Å². The van der Waals surface area contributed by atoms with E-state index in [1.54, 1.807) is 13.0 Å². The third-order valence-electron chi connectivity index (χ3n) is 4.33. The molecule has 0 unspecified atom stereocenters. The molecule has 0 aliphatic carbocycles. The van der Waals surface area contributed by atoms with E-state index in [-0.39, 0.29) is 18.1 Å². The summed E-state index contributed by atoms with van der Waals surface area (Å²) in [4.78, 5) is 36.9. The van der Waals surface area contributed by atoms with Crippen LogP contribution in [0.25, 0.3) is 0 Å². The average molecular weight is 461 g/mol. The molecule has 2 atom stereocenters. The van der Waals surface area contributed by atoms with E-state index in [9.17, 15) is 14.4 Å². The minimum atomic E-state index is -1.05. The van der Waals surface area contributed by atoms with Crippen molar-refractivity contribution in [2.24, 2.45) is 0 Å². The molecule has 0 saturated carbocycles. The molecule has 0 bridgehead atoms. The maximum absolute atomic E-state index is 12.8. The van der Waals surface area contributed by atoms with Crippen molar-refractivity contribution in [3.05, 3.63) is 69.2 Å². The van der Waals surface area contributed by atoms with E-state index in [1.807, 2.05) is 25.1 Å². The smallest absolute Gasteiger partial charge is 0.347 e. The SMILES string of the molecule is CCOC(=O)[C@H](C)OC(=O)[C@@H](CC#CC(=O)c1ccc(Cl)c(Cl)c1)c1cccc(C)c1. The molecular weight excluding hydrogens is 439 g/mol. The highest BCUT2D eigenvalue weighted by molar-refractivity contribution is 6.42. The molecule has 0 aliphatic heterocycles. The van der Waals surface area contributed by atoms with Crippen molar-refractivity contribution in [1.82, 2.24) is 0 Å². The molecule has 0 radical (unpaired) electrons. The Morgan fingerprint density at radius 2 is 1.77 bits per heavy atom. The highest BCUT2D eigenvalue weighted by Gasteiger charge is 2.26. The molecule has 0 N–H and O–H groups in total. The first kappa shape index (κ1) is 24.5. The average Bonchev–Trinajstić information content (AvgIpc) is 2.73. The monoisotopic (exact) mass is 460 g/mol. The molecule has 0 aliphatic rings. The Kier molecular flexibility index (Phi) is 9.11. The summed E-state index contributed by atoms with van der Waals surface area (Å²) in [5.41, 5.74) is 1.93. The zero-order chi connectivity index (χ0) is 23.0. The second-order valence-corrected chi connectivity index (χ2v) is 7.58. The van der Waals surface area contributed by atoms with Crippen molar-refractivity contribution < 1.29 is 23.9 Å². The van der Waals surface area contributed by atoms with Gasteiger partial charge in [-0.1, -0.05) is 59.0 Å². The lowest BCUT2D eigenvalue weighted by Crippen LogP contribution is -2.29. The van der Waals surface area contributed by atoms with Gasteiger partial charge in [0, 0.05) is 12.0 Å². The molecule has 2 aromatic carbocycles. The van der Waals surface area contributed by atoms with Gasteiger partial charge in [0.15, 0.2) is 6.10 Å². The summed E-state index contributed by atoms with van der Waals surface area (Å²) < 4.78 is 10.2. The van der Waals surface area contributed by atoms with Crippen molar-refractivity contribution in [1.29, 1.82) is 0 Å². The number of Topliss-reactive ketones (excluding diaryl/α,β-unsaturated/α-hetero) is 1. The van der Waals surface area contributed by atoms with Crippen LogP contribution in [0.5, 0.6) is 0 Å². The van der Waals surface area contributed by atoms with Crippen molar-refractivity contribution in [2.75, 3.05) is 6.61 Å². The van der Waals surface area contributed by atoms with Gasteiger partial charge in [0.05, 0.1) is 22.6 Å². The summed E-state index contributed by atoms with van der Waals surface area (Å²) in [6.45, 7) is 5.20. The fourth-order valence-corrected chi connectivity index (χ4v) is 3.03. The van der Waals surface area contributed by atoms with Crippen LogP contribution in [0, 0.1) is 18.8 Å². The van der Waals surface area contributed by atoms with Gasteiger partial charge in [-0.05, 0) is 50.5 Å². The number of hydrogen-bond donors (Lipinski definition) is 0. The van der Waals surface area contributed by atoms with E-state index in [0.29, 0.717) is 16.1 Å². The van der Waals surface area contributed by atoms with E-state index in [2.05, 4.69) is 11.8 Å². The predicted molar refractivity (Wildman–Crippen MR) is 119 cm³/mol. The van der Waals surface area contributed by atoms with Gasteiger partial charge in [-0.2, -0.15) is 0 Å². The standard InChI is InChI=1S/C24H22Cl2O5/c1-4-30-23(28)16(3)31-24(29)19(17-8-5-7-15(2)13-17)9-6-10-22(27)18-11-12-20(25)21(26)14-18/h5,7-8,11-14,16,19H,4,9H2,1-3H3/t16-,19-/m0/s1. The lowest BCUT2D eigenvalue weighted by Gasteiger charge is -2.18. The number of esters is 2. The van der Waals surface area contributed by atoms with Crippen LogP contribution in [0.3, 0.4) is 0 Å². The number of halogens is 2. The zero-order valence-corrected chi connectivity index (χ0v) is 18.9. The van der Waals surface area contributed by atoms with Crippen LogP contribution in [0.2, 0.25) is 10.0 Å². The Morgan fingerprint density at radius 3 is 2.42 bits per heavy atom. The highest BCUT2D eigenvalue weighted by atomic mass is 35.5. The number of aryl methyl sites for hydroxylation is 1. The largest absolute Gasteiger partial charge is 0.463 e. The van der Waals surface area contributed by atoms with Gasteiger partial charge in [0.1, 0.15) is 0 Å². The van der Waals surface area contributed by atoms with Crippen molar-refractivity contribution in [3.63, 3.8) is 0 Å². The molecule has 162 valence electrons. The first-order chi connectivity index (χ1) is 14.7. The molecular formula is C24H22Cl2O5. The lowest BCUT2D eigenvalue weighted by molar-refractivity contribution is -0.167. The van der Waals surface area contributed by atoms with Crippen LogP contribution in [0.15, 0.2) is 42.5 Å². The Hall–Kier alpha value is -2.81. The first-order valence-electron chi connectivity index (χ1n) is 9.64. The van der Waals surface area contributed by atoms with E-state index < -0.39 is 29.7 Å². The van der Waals surface area contributed by atoms with E-state index in [0.717, 1.165) is 5.56 Å². The number of rotatable bonds is 7. The van der Waals surface area contributed by atoms with Crippen LogP contribution in [0.1, 0.15) is 47.7 Å². The summed E-state index contributed by atoms with van der Waals surface area (Å²) in [6.07, 6.45) is -1.02. The fourth-order valence-electron chi connectivity index (χ4n) is 2.73. The second-order valence-electron chi connectivity index (χ2n) is 6.76. The molecule has 2 aromatic rings. The van der Waals surface area contributed by atoms with Crippen molar-refractivity contribution in [2.45, 2.75) is 39.2 Å². The number of ketones is 1. The minimum absolute atomic E-state index is 0.0326. The summed E-state index contributed by atoms with van der Waals surface area (Å²) >= 11 is 11.8. The molecule has 0 saturated heterocycles. The quantitative estimate of drug-likeness (QED) is 0.247. The predicted octanol–water partition coefficient (Wildman–Crippen LogP) is 5.16. The van der Waals surface area contributed by atoms with Crippen LogP contribution in [0.4, 0.5) is 0 Å². The summed E-state index contributed by atoms with van der Waals surface area (Å²) in [6, 6.07) is 11.8. The van der Waals surface area contributed by atoms with Crippen molar-refractivity contribution >= 4 is 40.9 Å². The van der Waals surface area contributed by atoms with Gasteiger partial charge in [-0.15, -0.1) is 0 Å². The molecule has 0 fully saturated rings. The summed E-state index contributed by atoms with van der Waals surface area (Å²) in [5.74, 6) is 2.80. The van der Waals surface area contributed by atoms with E-state index in [4.69, 9.17) is 32.7 Å². The summed E-state index contributed by atoms with van der Waals surface area (Å²) in [7, 11) is 0. The third kappa shape index (κ3) is 7.13. The van der Waals surface area contributed by atoms with Gasteiger partial charge in [0.25, 0.3) is 0 Å². The molecule has 2 rings (SSSR count). The number of benzene rings is 2. The number of hydrogen-bond acceptors (Lipinski definition) is 5. The molecule has 5 nitrogen and oxygen atoms in total. The van der Waals surface area contributed by atoms with Gasteiger partial charge in [-0.3, -0.25) is 9.59 Å². The number of ether oxygens (including phenoxy) is 2. The van der Waals surface area contributed by atoms with Crippen LogP contribution < -0.4 is 0 Å². The van der Waals surface area contributed by atoms with Gasteiger partial charge in [0.2, 0.25) is 5.78 Å². The number of carbonyl (C=O) groups is 3. The molecule has 0 spiro atoms. The maximum Gasteiger partial charge on any atom is 0.347 e. The minimum Gasteiger partial charge on any atom is -0.463 e. The van der Waals surface area contributed by atoms with Gasteiger partial charge >= 0.3 is 11.9 Å². The highest BCUT2D eigenvalue weighted by Crippen LogP contribution is 2.24. The fraction of sp³-hybridized carbons (Fsp3) is 0.292. The molecule has 7 heteroatoms. The van der Waals surface area contributed by atoms with Gasteiger partial charge in [-0.25, -0.2) is 4.79 Å². The lowest BCUT2D eigenvalue weighted by atomic mass is 9.94. The van der Waals surface area contributed by atoms with Crippen LogP contribution in [-0.4, -0.2) is 30.4 Å². The van der Waals surface area contributed by atoms with Crippen LogP contribution in [-0.2, 0) is 19.1 Å². The Labute approximate surface area is 191 Å². The van der Waals surface area contributed by atoms with E-state index >= 15 is 0 Å². The number of carbonyl (C=O) groups excluding carboxylic acids is 3. The third-order valence-corrected chi connectivity index (χ3v) is 5.07. The normalized spacial score (nSPS) is 12.2. The zero-order valence-electron chi connectivity index (χ0n) is 17.4. The van der Waals surface area contributed by atoms with E-state index in [1.165, 1.54) is 25.1 Å². The first-order valence-corrected chi connectivity index (χ1v) is 10.4. The van der Waals surface area contributed by atoms with Crippen LogP contribution >= 0.6 is 23.2 Å². The molecule has 0 aromatic heterocycles. The second kappa shape index (κ2) is 11.5. The topological polar surface area (TPSA) is 69.7 Å². The Balaban J connectivity index is 2.21. The maximum atomic E-state index is 12.8.